The van der Waals surface area contributed by atoms with Gasteiger partial charge >= 0.3 is 11.6 Å². The zero-order chi connectivity index (χ0) is 14.4. The van der Waals surface area contributed by atoms with Gasteiger partial charge in [0.25, 0.3) is 5.65 Å². The van der Waals surface area contributed by atoms with Crippen molar-refractivity contribution in [3.05, 3.63) is 48.5 Å². The van der Waals surface area contributed by atoms with Gasteiger partial charge in [0.2, 0.25) is 0 Å². The van der Waals surface area contributed by atoms with Crippen LogP contribution in [0.5, 0.6) is 0 Å². The molecule has 0 saturated heterocycles. The average Bonchev–Trinajstić information content (AvgIpc) is 3.08. The molecule has 0 unspecified atom stereocenters. The van der Waals surface area contributed by atoms with Gasteiger partial charge in [-0.2, -0.15) is 0 Å². The van der Waals surface area contributed by atoms with E-state index in [4.69, 9.17) is 0 Å². The van der Waals surface area contributed by atoms with Crippen molar-refractivity contribution < 1.29 is 14.4 Å². The minimum absolute atomic E-state index is 0.0650. The number of rotatable bonds is 2. The van der Waals surface area contributed by atoms with E-state index in [2.05, 4.69) is 20.3 Å². The summed E-state index contributed by atoms with van der Waals surface area (Å²) in [7, 11) is 0. The van der Waals surface area contributed by atoms with Crippen LogP contribution in [-0.4, -0.2) is 40.9 Å². The molecule has 0 radical (unpaired) electrons. The van der Waals surface area contributed by atoms with E-state index < -0.39 is 5.97 Å². The van der Waals surface area contributed by atoms with Crippen LogP contribution in [0.4, 0.5) is 0 Å². The lowest BCUT2D eigenvalue weighted by Gasteiger charge is -1.97. The standard InChI is InChI=1S/C12H7N7O2/c20-12(21)8-7-18(17-6-2-5-13-10(8)17)19-11-9(15-16-19)3-1-4-14-11/h1-7H/p+1. The van der Waals surface area contributed by atoms with Crippen LogP contribution in [0.3, 0.4) is 0 Å². The van der Waals surface area contributed by atoms with Crippen LogP contribution < -0.4 is 4.52 Å². The fraction of sp³-hybridized carbons (Fsp3) is 0. The van der Waals surface area contributed by atoms with E-state index in [0.29, 0.717) is 16.8 Å². The molecule has 4 aromatic heterocycles. The SMILES string of the molecule is O=C(O)c1cn(-n2nnc3cccnc32)[n+]2cccnc12. The van der Waals surface area contributed by atoms with Gasteiger partial charge in [0, 0.05) is 17.5 Å². The second-order valence-electron chi connectivity index (χ2n) is 4.28. The van der Waals surface area contributed by atoms with Crippen molar-refractivity contribution in [3.63, 3.8) is 0 Å². The van der Waals surface area contributed by atoms with Gasteiger partial charge in [0.1, 0.15) is 6.20 Å². The Hall–Kier alpha value is -3.36. The van der Waals surface area contributed by atoms with Gasteiger partial charge in [-0.1, -0.05) is 4.79 Å². The van der Waals surface area contributed by atoms with E-state index in [9.17, 15) is 9.90 Å². The second-order valence-corrected chi connectivity index (χ2v) is 4.28. The van der Waals surface area contributed by atoms with Gasteiger partial charge in [-0.3, -0.25) is 0 Å². The monoisotopic (exact) mass is 282 g/mol. The first kappa shape index (κ1) is 11.5. The molecule has 9 heteroatoms. The molecule has 0 amide bonds. The highest BCUT2D eigenvalue weighted by Gasteiger charge is 2.23. The topological polar surface area (TPSA) is 103 Å². The highest BCUT2D eigenvalue weighted by molar-refractivity contribution is 5.92. The zero-order valence-corrected chi connectivity index (χ0v) is 10.5. The number of hydrogen-bond donors (Lipinski definition) is 1. The van der Waals surface area contributed by atoms with Crippen molar-refractivity contribution in [2.45, 2.75) is 0 Å². The summed E-state index contributed by atoms with van der Waals surface area (Å²) in [6.45, 7) is 0. The largest absolute Gasteiger partial charge is 0.477 e. The van der Waals surface area contributed by atoms with Crippen LogP contribution in [0.2, 0.25) is 0 Å². The fourth-order valence-electron chi connectivity index (χ4n) is 2.15. The van der Waals surface area contributed by atoms with Crippen LogP contribution in [0.15, 0.2) is 43.0 Å². The van der Waals surface area contributed by atoms with Gasteiger partial charge < -0.3 is 5.11 Å². The summed E-state index contributed by atoms with van der Waals surface area (Å²) in [5.74, 6) is -1.07. The van der Waals surface area contributed by atoms with Gasteiger partial charge in [-0.25, -0.2) is 9.78 Å². The second kappa shape index (κ2) is 4.07. The van der Waals surface area contributed by atoms with Crippen molar-refractivity contribution >= 4 is 22.8 Å². The minimum Gasteiger partial charge on any atom is -0.477 e. The van der Waals surface area contributed by atoms with Crippen molar-refractivity contribution in [1.29, 1.82) is 0 Å². The van der Waals surface area contributed by atoms with E-state index in [0.717, 1.165) is 0 Å². The molecular formula is C12H8N7O2+. The number of carboxylic acid groups (broad SMARTS) is 1. The molecule has 0 aliphatic heterocycles. The Labute approximate surface area is 116 Å². The molecule has 102 valence electrons. The molecule has 4 heterocycles. The van der Waals surface area contributed by atoms with Gasteiger partial charge in [-0.15, -0.1) is 14.6 Å². The van der Waals surface area contributed by atoms with Crippen molar-refractivity contribution in [2.75, 3.05) is 0 Å². The van der Waals surface area contributed by atoms with Crippen LogP contribution in [0, 0.1) is 0 Å². The zero-order valence-electron chi connectivity index (χ0n) is 10.5. The Balaban J connectivity index is 2.09. The Morgan fingerprint density at radius 3 is 2.95 bits per heavy atom. The number of pyridine rings is 1. The number of hydrogen-bond acceptors (Lipinski definition) is 5. The normalized spacial score (nSPS) is 11.2. The first-order valence-corrected chi connectivity index (χ1v) is 6.04. The number of carboxylic acids is 1. The minimum atomic E-state index is -1.07. The highest BCUT2D eigenvalue weighted by atomic mass is 16.4. The quantitative estimate of drug-likeness (QED) is 0.509. The maximum atomic E-state index is 11.3. The number of carbonyl (C=O) groups is 1. The maximum absolute atomic E-state index is 11.3. The summed E-state index contributed by atoms with van der Waals surface area (Å²) < 4.78 is 1.56. The predicted molar refractivity (Wildman–Crippen MR) is 68.5 cm³/mol. The van der Waals surface area contributed by atoms with E-state index >= 15 is 0 Å². The van der Waals surface area contributed by atoms with Gasteiger partial charge in [0.05, 0.1) is 12.4 Å². The van der Waals surface area contributed by atoms with Crippen LogP contribution in [0.1, 0.15) is 10.4 Å². The third kappa shape index (κ3) is 1.57. The van der Waals surface area contributed by atoms with Crippen LogP contribution in [0.25, 0.3) is 16.8 Å². The van der Waals surface area contributed by atoms with Crippen molar-refractivity contribution in [1.82, 2.24) is 29.9 Å². The molecule has 0 aliphatic carbocycles. The molecule has 0 fully saturated rings. The first-order valence-electron chi connectivity index (χ1n) is 6.04. The Morgan fingerprint density at radius 1 is 1.24 bits per heavy atom. The Bertz CT molecular complexity index is 988. The third-order valence-corrected chi connectivity index (χ3v) is 3.05. The summed E-state index contributed by atoms with van der Waals surface area (Å²) in [5.41, 5.74) is 1.50. The molecule has 0 aliphatic rings. The molecule has 0 aromatic carbocycles. The molecule has 0 saturated carbocycles. The van der Waals surface area contributed by atoms with Crippen molar-refractivity contribution in [2.24, 2.45) is 0 Å². The first-order chi connectivity index (χ1) is 10.3. The maximum Gasteiger partial charge on any atom is 0.344 e. The number of aromatic carboxylic acids is 1. The number of nitrogens with zero attached hydrogens (tertiary/aromatic N) is 7. The Morgan fingerprint density at radius 2 is 2.10 bits per heavy atom. The average molecular weight is 282 g/mol. The van der Waals surface area contributed by atoms with E-state index in [1.54, 1.807) is 35.1 Å². The summed E-state index contributed by atoms with van der Waals surface area (Å²) in [4.78, 5) is 22.5. The molecule has 4 rings (SSSR count). The van der Waals surface area contributed by atoms with E-state index in [1.165, 1.54) is 22.0 Å². The van der Waals surface area contributed by atoms with E-state index in [-0.39, 0.29) is 5.56 Å². The lowest BCUT2D eigenvalue weighted by molar-refractivity contribution is -0.617. The van der Waals surface area contributed by atoms with E-state index in [1.807, 2.05) is 0 Å². The van der Waals surface area contributed by atoms with Crippen molar-refractivity contribution in [3.8, 4) is 0 Å². The number of aromatic nitrogens is 7. The lowest BCUT2D eigenvalue weighted by Crippen LogP contribution is -2.37. The lowest BCUT2D eigenvalue weighted by atomic mass is 10.3. The number of fused-ring (bicyclic) bond motifs is 2. The summed E-state index contributed by atoms with van der Waals surface area (Å²) >= 11 is 0. The summed E-state index contributed by atoms with van der Waals surface area (Å²) in [6.07, 6.45) is 6.26. The Kier molecular flexibility index (Phi) is 2.22. The van der Waals surface area contributed by atoms with Gasteiger partial charge in [-0.05, 0) is 16.9 Å². The fourth-order valence-corrected chi connectivity index (χ4v) is 2.15. The smallest absolute Gasteiger partial charge is 0.344 e. The molecule has 4 aromatic rings. The molecular weight excluding hydrogens is 274 g/mol. The molecule has 9 nitrogen and oxygen atoms in total. The molecule has 0 atom stereocenters. The third-order valence-electron chi connectivity index (χ3n) is 3.05. The van der Waals surface area contributed by atoms with Crippen LogP contribution in [-0.2, 0) is 0 Å². The molecule has 21 heavy (non-hydrogen) atoms. The molecule has 0 spiro atoms. The van der Waals surface area contributed by atoms with Crippen LogP contribution >= 0.6 is 0 Å². The highest BCUT2D eigenvalue weighted by Crippen LogP contribution is 2.09. The van der Waals surface area contributed by atoms with Gasteiger partial charge in [0.15, 0.2) is 11.1 Å². The summed E-state index contributed by atoms with van der Waals surface area (Å²) in [6, 6.07) is 5.23. The summed E-state index contributed by atoms with van der Waals surface area (Å²) in [5, 5.41) is 17.3. The predicted octanol–water partition coefficient (Wildman–Crippen LogP) is -0.229. The molecule has 0 bridgehead atoms. The molecule has 1 N–H and O–H groups in total.